The molecule has 0 saturated carbocycles. The Kier molecular flexibility index (Phi) is 13.0. The summed E-state index contributed by atoms with van der Waals surface area (Å²) in [4.78, 5) is 24.3. The number of nitrogens with zero attached hydrogens (tertiary/aromatic N) is 1. The number of rotatable bonds is 13. The van der Waals surface area contributed by atoms with E-state index < -0.39 is 0 Å². The van der Waals surface area contributed by atoms with Crippen molar-refractivity contribution >= 4 is 12.0 Å². The average Bonchev–Trinajstić information content (AvgIpc) is 2.46. The van der Waals surface area contributed by atoms with E-state index >= 15 is 0 Å². The van der Waals surface area contributed by atoms with Crippen molar-refractivity contribution in [3.05, 3.63) is 12.7 Å². The molecule has 0 N–H and O–H groups in total. The van der Waals surface area contributed by atoms with Gasteiger partial charge >= 0.3 is 5.97 Å². The maximum atomic E-state index is 10.9. The average molecular weight is 281 g/mol. The van der Waals surface area contributed by atoms with Crippen LogP contribution < -0.4 is 0 Å². The minimum atomic E-state index is -0.337. The second-order valence-electron chi connectivity index (χ2n) is 5.18. The van der Waals surface area contributed by atoms with Crippen molar-refractivity contribution in [2.24, 2.45) is 10.9 Å². The number of isocyanates is 1. The maximum Gasteiger partial charge on any atom is 0.330 e. The van der Waals surface area contributed by atoms with Crippen LogP contribution in [0.5, 0.6) is 0 Å². The SMILES string of the molecule is C=CC(=O)OCC(C)CCCCCCCCCN=C=O. The molecule has 4 heteroatoms. The number of ether oxygens (including phenoxy) is 1. The zero-order valence-electron chi connectivity index (χ0n) is 12.6. The standard InChI is InChI=1S/C16H27NO3/c1-3-16(19)20-13-15(2)11-9-7-5-4-6-8-10-12-17-14-18/h3,15H,1,4-13H2,2H3. The fraction of sp³-hybridized carbons (Fsp3) is 0.750. The van der Waals surface area contributed by atoms with Gasteiger partial charge in [-0.25, -0.2) is 14.6 Å². The molecule has 0 amide bonds. The van der Waals surface area contributed by atoms with Gasteiger partial charge in [-0.1, -0.05) is 52.0 Å². The molecule has 114 valence electrons. The summed E-state index contributed by atoms with van der Waals surface area (Å²) < 4.78 is 5.00. The minimum Gasteiger partial charge on any atom is -0.462 e. The molecule has 1 unspecified atom stereocenters. The first kappa shape index (κ1) is 18.6. The summed E-state index contributed by atoms with van der Waals surface area (Å²) in [6, 6.07) is 0. The Balaban J connectivity index is 3.24. The highest BCUT2D eigenvalue weighted by atomic mass is 16.5. The molecule has 0 aliphatic heterocycles. The summed E-state index contributed by atoms with van der Waals surface area (Å²) in [7, 11) is 0. The predicted octanol–water partition coefficient (Wildman–Crippen LogP) is 3.81. The lowest BCUT2D eigenvalue weighted by atomic mass is 10.0. The van der Waals surface area contributed by atoms with Crippen molar-refractivity contribution in [2.45, 2.75) is 58.3 Å². The number of unbranched alkanes of at least 4 members (excludes halogenated alkanes) is 6. The van der Waals surface area contributed by atoms with Crippen molar-refractivity contribution in [1.82, 2.24) is 0 Å². The van der Waals surface area contributed by atoms with E-state index in [1.807, 2.05) is 0 Å². The van der Waals surface area contributed by atoms with Gasteiger partial charge in [-0.05, 0) is 18.8 Å². The van der Waals surface area contributed by atoms with Gasteiger partial charge in [0.2, 0.25) is 6.08 Å². The lowest BCUT2D eigenvalue weighted by Crippen LogP contribution is -2.09. The molecule has 0 aliphatic carbocycles. The summed E-state index contributed by atoms with van der Waals surface area (Å²) in [6.07, 6.45) is 12.1. The molecule has 0 rings (SSSR count). The zero-order chi connectivity index (χ0) is 15.1. The van der Waals surface area contributed by atoms with Crippen LogP contribution in [0.3, 0.4) is 0 Å². The van der Waals surface area contributed by atoms with Gasteiger partial charge < -0.3 is 4.74 Å². The molecule has 1 atom stereocenters. The van der Waals surface area contributed by atoms with Crippen LogP contribution in [0.2, 0.25) is 0 Å². The molecule has 0 bridgehead atoms. The molecule has 0 aromatic heterocycles. The number of esters is 1. The third kappa shape index (κ3) is 13.0. The van der Waals surface area contributed by atoms with Crippen LogP contribution in [0.15, 0.2) is 17.6 Å². The normalized spacial score (nSPS) is 11.4. The Hall–Kier alpha value is -1.41. The maximum absolute atomic E-state index is 10.9. The molecular formula is C16H27NO3. The second kappa shape index (κ2) is 14.0. The van der Waals surface area contributed by atoms with E-state index in [1.54, 1.807) is 6.08 Å². The van der Waals surface area contributed by atoms with Gasteiger partial charge in [0.15, 0.2) is 0 Å². The highest BCUT2D eigenvalue weighted by Gasteiger charge is 2.04. The minimum absolute atomic E-state index is 0.337. The fourth-order valence-corrected chi connectivity index (χ4v) is 1.98. The number of hydrogen-bond donors (Lipinski definition) is 0. The van der Waals surface area contributed by atoms with Crippen LogP contribution in [0.4, 0.5) is 0 Å². The Labute approximate surface area is 122 Å². The molecule has 4 nitrogen and oxygen atoms in total. The van der Waals surface area contributed by atoms with E-state index in [0.29, 0.717) is 19.1 Å². The highest BCUT2D eigenvalue weighted by molar-refractivity contribution is 5.81. The molecule has 0 heterocycles. The van der Waals surface area contributed by atoms with E-state index in [-0.39, 0.29) is 5.97 Å². The topological polar surface area (TPSA) is 55.7 Å². The summed E-state index contributed by atoms with van der Waals surface area (Å²) in [6.45, 7) is 6.57. The number of hydrogen-bond acceptors (Lipinski definition) is 4. The molecule has 0 saturated heterocycles. The van der Waals surface area contributed by atoms with Gasteiger partial charge in [-0.3, -0.25) is 0 Å². The molecule has 0 fully saturated rings. The van der Waals surface area contributed by atoms with Crippen molar-refractivity contribution in [1.29, 1.82) is 0 Å². The number of carbonyl (C=O) groups excluding carboxylic acids is 2. The van der Waals surface area contributed by atoms with Crippen molar-refractivity contribution < 1.29 is 14.3 Å². The molecule has 0 aromatic rings. The number of aliphatic imine (C=N–C) groups is 1. The van der Waals surface area contributed by atoms with Crippen molar-refractivity contribution in [3.63, 3.8) is 0 Å². The Morgan fingerprint density at radius 3 is 2.40 bits per heavy atom. The van der Waals surface area contributed by atoms with Gasteiger partial charge in [0.05, 0.1) is 13.2 Å². The van der Waals surface area contributed by atoms with Crippen LogP contribution >= 0.6 is 0 Å². The smallest absolute Gasteiger partial charge is 0.330 e. The van der Waals surface area contributed by atoms with Crippen LogP contribution in [-0.4, -0.2) is 25.2 Å². The molecular weight excluding hydrogens is 254 g/mol. The Morgan fingerprint density at radius 1 is 1.20 bits per heavy atom. The lowest BCUT2D eigenvalue weighted by molar-refractivity contribution is -0.139. The van der Waals surface area contributed by atoms with Gasteiger partial charge in [-0.2, -0.15) is 0 Å². The van der Waals surface area contributed by atoms with Gasteiger partial charge in [0.25, 0.3) is 0 Å². The predicted molar refractivity (Wildman–Crippen MR) is 80.2 cm³/mol. The van der Waals surface area contributed by atoms with E-state index in [2.05, 4.69) is 18.5 Å². The van der Waals surface area contributed by atoms with E-state index in [0.717, 1.165) is 19.3 Å². The van der Waals surface area contributed by atoms with Crippen molar-refractivity contribution in [2.75, 3.05) is 13.2 Å². The molecule has 0 aliphatic rings. The van der Waals surface area contributed by atoms with Gasteiger partial charge in [0, 0.05) is 6.08 Å². The first-order valence-electron chi connectivity index (χ1n) is 7.53. The van der Waals surface area contributed by atoms with Crippen LogP contribution in [0.25, 0.3) is 0 Å². The molecule has 0 radical (unpaired) electrons. The number of carbonyl (C=O) groups is 1. The molecule has 20 heavy (non-hydrogen) atoms. The third-order valence-electron chi connectivity index (χ3n) is 3.21. The van der Waals surface area contributed by atoms with E-state index in [9.17, 15) is 9.59 Å². The first-order chi connectivity index (χ1) is 9.70. The van der Waals surface area contributed by atoms with Crippen LogP contribution in [-0.2, 0) is 14.3 Å². The summed E-state index contributed by atoms with van der Waals surface area (Å²) >= 11 is 0. The molecule has 0 aromatic carbocycles. The van der Waals surface area contributed by atoms with E-state index in [1.165, 1.54) is 38.2 Å². The quantitative estimate of drug-likeness (QED) is 0.170. The summed E-state index contributed by atoms with van der Waals surface area (Å²) in [5.41, 5.74) is 0. The van der Waals surface area contributed by atoms with Gasteiger partial charge in [-0.15, -0.1) is 0 Å². The second-order valence-corrected chi connectivity index (χ2v) is 5.18. The Morgan fingerprint density at radius 2 is 1.80 bits per heavy atom. The summed E-state index contributed by atoms with van der Waals surface area (Å²) in [5.74, 6) is 0.0795. The van der Waals surface area contributed by atoms with E-state index in [4.69, 9.17) is 4.74 Å². The Bertz CT molecular complexity index is 309. The van der Waals surface area contributed by atoms with Crippen LogP contribution in [0, 0.1) is 5.92 Å². The third-order valence-corrected chi connectivity index (χ3v) is 3.21. The largest absolute Gasteiger partial charge is 0.462 e. The first-order valence-corrected chi connectivity index (χ1v) is 7.53. The molecule has 0 spiro atoms. The van der Waals surface area contributed by atoms with Crippen LogP contribution in [0.1, 0.15) is 58.3 Å². The zero-order valence-corrected chi connectivity index (χ0v) is 12.6. The van der Waals surface area contributed by atoms with Gasteiger partial charge in [0.1, 0.15) is 0 Å². The highest BCUT2D eigenvalue weighted by Crippen LogP contribution is 2.13. The fourth-order valence-electron chi connectivity index (χ4n) is 1.98. The summed E-state index contributed by atoms with van der Waals surface area (Å²) in [5, 5.41) is 0. The lowest BCUT2D eigenvalue weighted by Gasteiger charge is -2.10. The van der Waals surface area contributed by atoms with Crippen molar-refractivity contribution in [3.8, 4) is 0 Å². The monoisotopic (exact) mass is 281 g/mol.